The number of likely N-dealkylation sites (tertiary alicyclic amines) is 1. The van der Waals surface area contributed by atoms with Gasteiger partial charge in [-0.1, -0.05) is 30.3 Å². The van der Waals surface area contributed by atoms with Crippen LogP contribution in [0.5, 0.6) is 0 Å². The van der Waals surface area contributed by atoms with E-state index in [1.165, 1.54) is 6.42 Å². The van der Waals surface area contributed by atoms with Gasteiger partial charge in [0.1, 0.15) is 0 Å². The minimum atomic E-state index is -0.495. The average Bonchev–Trinajstić information content (AvgIpc) is 2.57. The highest BCUT2D eigenvalue weighted by molar-refractivity contribution is 5.17. The molecule has 0 aromatic heterocycles. The number of aliphatic hydroxyl groups is 2. The molecule has 2 heterocycles. The number of ether oxygens (including phenoxy) is 1. The number of aliphatic hydroxyl groups excluding tert-OH is 2. The summed E-state index contributed by atoms with van der Waals surface area (Å²) in [6, 6.07) is 9.98. The maximum absolute atomic E-state index is 10.5. The van der Waals surface area contributed by atoms with Gasteiger partial charge in [0, 0.05) is 32.3 Å². The molecule has 122 valence electrons. The normalized spacial score (nSPS) is 26.9. The zero-order valence-electron chi connectivity index (χ0n) is 13.2. The highest BCUT2D eigenvalue weighted by atomic mass is 16.5. The Morgan fingerprint density at radius 3 is 2.59 bits per heavy atom. The van der Waals surface area contributed by atoms with Crippen molar-refractivity contribution in [2.45, 2.75) is 37.8 Å². The SMILES string of the molecule is OCC1CCC2(CCOCC2)CN1C[C@@H](O)c1ccccc1. The van der Waals surface area contributed by atoms with Crippen molar-refractivity contribution in [3.63, 3.8) is 0 Å². The fourth-order valence-electron chi connectivity index (χ4n) is 3.93. The lowest BCUT2D eigenvalue weighted by molar-refractivity contribution is -0.0627. The summed E-state index contributed by atoms with van der Waals surface area (Å²) in [5.41, 5.74) is 1.27. The van der Waals surface area contributed by atoms with Crippen LogP contribution < -0.4 is 0 Å². The molecular weight excluding hydrogens is 278 g/mol. The predicted molar refractivity (Wildman–Crippen MR) is 85.6 cm³/mol. The highest BCUT2D eigenvalue weighted by Gasteiger charge is 2.40. The van der Waals surface area contributed by atoms with E-state index in [1.54, 1.807) is 0 Å². The largest absolute Gasteiger partial charge is 0.395 e. The molecule has 1 spiro atoms. The number of nitrogens with zero attached hydrogens (tertiary/aromatic N) is 1. The van der Waals surface area contributed by atoms with Gasteiger partial charge in [0.15, 0.2) is 0 Å². The van der Waals surface area contributed by atoms with E-state index >= 15 is 0 Å². The van der Waals surface area contributed by atoms with E-state index in [9.17, 15) is 10.2 Å². The number of hydrogen-bond acceptors (Lipinski definition) is 4. The zero-order chi connectivity index (χ0) is 15.4. The van der Waals surface area contributed by atoms with E-state index in [1.807, 2.05) is 30.3 Å². The lowest BCUT2D eigenvalue weighted by atomic mass is 9.72. The summed E-state index contributed by atoms with van der Waals surface area (Å²) in [5, 5.41) is 20.2. The van der Waals surface area contributed by atoms with Crippen molar-refractivity contribution >= 4 is 0 Å². The quantitative estimate of drug-likeness (QED) is 0.893. The summed E-state index contributed by atoms with van der Waals surface area (Å²) in [6.45, 7) is 3.43. The van der Waals surface area contributed by atoms with Crippen molar-refractivity contribution in [3.8, 4) is 0 Å². The van der Waals surface area contributed by atoms with Crippen molar-refractivity contribution in [3.05, 3.63) is 35.9 Å². The Bertz CT molecular complexity index is 459. The van der Waals surface area contributed by atoms with Gasteiger partial charge in [0.2, 0.25) is 0 Å². The van der Waals surface area contributed by atoms with Crippen molar-refractivity contribution in [2.75, 3.05) is 32.9 Å². The smallest absolute Gasteiger partial charge is 0.0917 e. The summed E-state index contributed by atoms with van der Waals surface area (Å²) >= 11 is 0. The number of rotatable bonds is 4. The van der Waals surface area contributed by atoms with Crippen molar-refractivity contribution in [1.82, 2.24) is 4.90 Å². The second-order valence-electron chi connectivity index (χ2n) is 6.84. The predicted octanol–water partition coefficient (Wildman–Crippen LogP) is 1.97. The summed E-state index contributed by atoms with van der Waals surface area (Å²) in [5.74, 6) is 0. The van der Waals surface area contributed by atoms with Gasteiger partial charge in [-0.15, -0.1) is 0 Å². The van der Waals surface area contributed by atoms with Crippen LogP contribution >= 0.6 is 0 Å². The van der Waals surface area contributed by atoms with Crippen molar-refractivity contribution < 1.29 is 14.9 Å². The molecule has 1 unspecified atom stereocenters. The lowest BCUT2D eigenvalue weighted by Crippen LogP contribution is -2.53. The first-order chi connectivity index (χ1) is 10.7. The average molecular weight is 305 g/mol. The molecule has 3 rings (SSSR count). The first-order valence-corrected chi connectivity index (χ1v) is 8.38. The number of hydrogen-bond donors (Lipinski definition) is 2. The molecule has 1 aromatic rings. The molecule has 0 saturated carbocycles. The Morgan fingerprint density at radius 2 is 1.91 bits per heavy atom. The molecule has 2 atom stereocenters. The van der Waals surface area contributed by atoms with E-state index in [2.05, 4.69) is 4.90 Å². The van der Waals surface area contributed by atoms with Crippen LogP contribution in [0.15, 0.2) is 30.3 Å². The van der Waals surface area contributed by atoms with Crippen LogP contribution in [-0.4, -0.2) is 54.1 Å². The van der Waals surface area contributed by atoms with Crippen LogP contribution in [0.25, 0.3) is 0 Å². The topological polar surface area (TPSA) is 52.9 Å². The van der Waals surface area contributed by atoms with E-state index in [0.29, 0.717) is 12.0 Å². The lowest BCUT2D eigenvalue weighted by Gasteiger charge is -2.48. The number of piperidine rings is 1. The van der Waals surface area contributed by atoms with Crippen LogP contribution in [0.1, 0.15) is 37.4 Å². The number of benzene rings is 1. The molecule has 2 N–H and O–H groups in total. The zero-order valence-corrected chi connectivity index (χ0v) is 13.2. The number of β-amino-alcohol motifs (C(OH)–C–C–N with tert-alkyl or cyclic N) is 1. The molecule has 4 heteroatoms. The van der Waals surface area contributed by atoms with Crippen LogP contribution in [0.4, 0.5) is 0 Å². The summed E-state index contributed by atoms with van der Waals surface area (Å²) in [7, 11) is 0. The first kappa shape index (κ1) is 15.9. The molecule has 2 aliphatic rings. The summed E-state index contributed by atoms with van der Waals surface area (Å²) < 4.78 is 5.52. The standard InChI is InChI=1S/C18H27NO3/c20-13-16-6-7-18(8-10-22-11-9-18)14-19(16)12-17(21)15-4-2-1-3-5-15/h1-5,16-17,20-21H,6-14H2/t16?,17-/m1/s1. The molecule has 2 fully saturated rings. The Hall–Kier alpha value is -0.940. The van der Waals surface area contributed by atoms with E-state index in [4.69, 9.17) is 4.74 Å². The molecule has 2 saturated heterocycles. The summed E-state index contributed by atoms with van der Waals surface area (Å²) in [6.07, 6.45) is 3.88. The molecule has 0 bridgehead atoms. The molecule has 0 aliphatic carbocycles. The molecule has 22 heavy (non-hydrogen) atoms. The third-order valence-electron chi connectivity index (χ3n) is 5.42. The van der Waals surface area contributed by atoms with Crippen LogP contribution in [0, 0.1) is 5.41 Å². The van der Waals surface area contributed by atoms with Crippen LogP contribution in [0.3, 0.4) is 0 Å². The minimum Gasteiger partial charge on any atom is -0.395 e. The van der Waals surface area contributed by atoms with E-state index in [0.717, 1.165) is 44.6 Å². The molecular formula is C18H27NO3. The highest BCUT2D eigenvalue weighted by Crippen LogP contribution is 2.41. The summed E-state index contributed by atoms with van der Waals surface area (Å²) in [4.78, 5) is 2.30. The second kappa shape index (κ2) is 7.09. The maximum Gasteiger partial charge on any atom is 0.0917 e. The van der Waals surface area contributed by atoms with Crippen molar-refractivity contribution in [1.29, 1.82) is 0 Å². The molecule has 2 aliphatic heterocycles. The molecule has 1 aromatic carbocycles. The third kappa shape index (κ3) is 3.51. The Morgan fingerprint density at radius 1 is 1.18 bits per heavy atom. The van der Waals surface area contributed by atoms with Crippen LogP contribution in [-0.2, 0) is 4.74 Å². The fraction of sp³-hybridized carbons (Fsp3) is 0.667. The van der Waals surface area contributed by atoms with Gasteiger partial charge in [0.05, 0.1) is 12.7 Å². The monoisotopic (exact) mass is 305 g/mol. The van der Waals surface area contributed by atoms with Crippen LogP contribution in [0.2, 0.25) is 0 Å². The Labute approximate surface area is 132 Å². The minimum absolute atomic E-state index is 0.173. The fourth-order valence-corrected chi connectivity index (χ4v) is 3.93. The van der Waals surface area contributed by atoms with E-state index in [-0.39, 0.29) is 12.6 Å². The Kier molecular flexibility index (Phi) is 5.14. The third-order valence-corrected chi connectivity index (χ3v) is 5.42. The molecule has 0 radical (unpaired) electrons. The van der Waals surface area contributed by atoms with Gasteiger partial charge in [-0.05, 0) is 36.7 Å². The van der Waals surface area contributed by atoms with Gasteiger partial charge in [-0.25, -0.2) is 0 Å². The van der Waals surface area contributed by atoms with Gasteiger partial charge >= 0.3 is 0 Å². The van der Waals surface area contributed by atoms with Gasteiger partial charge in [-0.3, -0.25) is 4.90 Å². The molecule has 0 amide bonds. The van der Waals surface area contributed by atoms with Gasteiger partial charge < -0.3 is 14.9 Å². The van der Waals surface area contributed by atoms with Gasteiger partial charge in [0.25, 0.3) is 0 Å². The second-order valence-corrected chi connectivity index (χ2v) is 6.84. The van der Waals surface area contributed by atoms with Crippen molar-refractivity contribution in [2.24, 2.45) is 5.41 Å². The Balaban J connectivity index is 1.68. The van der Waals surface area contributed by atoms with Gasteiger partial charge in [-0.2, -0.15) is 0 Å². The maximum atomic E-state index is 10.5. The molecule has 4 nitrogen and oxygen atoms in total. The van der Waals surface area contributed by atoms with E-state index < -0.39 is 6.10 Å². The first-order valence-electron chi connectivity index (χ1n) is 8.38.